The van der Waals surface area contributed by atoms with Crippen molar-refractivity contribution >= 4 is 16.9 Å². The van der Waals surface area contributed by atoms with E-state index >= 15 is 0 Å². The molecule has 1 fully saturated rings. The number of aromatic nitrogens is 3. The minimum Gasteiger partial charge on any atom is -0.432 e. The SMILES string of the molecule is O=C(Cn1ncc2ncc(-c3ccc(F)c(OC(F)F)c3)cc21)N1CCC1. The van der Waals surface area contributed by atoms with Gasteiger partial charge in [0.25, 0.3) is 0 Å². The van der Waals surface area contributed by atoms with Crippen molar-refractivity contribution in [1.82, 2.24) is 19.7 Å². The van der Waals surface area contributed by atoms with Gasteiger partial charge in [-0.2, -0.15) is 13.9 Å². The molecule has 0 atom stereocenters. The third kappa shape index (κ3) is 3.44. The average molecular weight is 376 g/mol. The minimum absolute atomic E-state index is 0.0222. The van der Waals surface area contributed by atoms with E-state index in [1.54, 1.807) is 21.8 Å². The quantitative estimate of drug-likeness (QED) is 0.687. The number of ether oxygens (including phenoxy) is 1. The monoisotopic (exact) mass is 376 g/mol. The molecule has 3 heterocycles. The highest BCUT2D eigenvalue weighted by Crippen LogP contribution is 2.29. The summed E-state index contributed by atoms with van der Waals surface area (Å²) in [6, 6.07) is 5.43. The van der Waals surface area contributed by atoms with Crippen molar-refractivity contribution in [3.8, 4) is 16.9 Å². The largest absolute Gasteiger partial charge is 0.432 e. The standard InChI is InChI=1S/C18H15F3N4O2/c19-13-3-2-11(7-16(13)27-18(20)21)12-6-15-14(22-8-12)9-23-25(15)10-17(26)24-4-1-5-24/h2-3,6-9,18H,1,4-5,10H2. The molecular formula is C18H15F3N4O2. The zero-order valence-corrected chi connectivity index (χ0v) is 14.1. The number of halogens is 3. The van der Waals surface area contributed by atoms with Gasteiger partial charge in [-0.1, -0.05) is 6.07 Å². The maximum atomic E-state index is 13.6. The van der Waals surface area contributed by atoms with Gasteiger partial charge < -0.3 is 9.64 Å². The van der Waals surface area contributed by atoms with Crippen LogP contribution < -0.4 is 4.74 Å². The first-order valence-corrected chi connectivity index (χ1v) is 8.35. The molecule has 0 N–H and O–H groups in total. The van der Waals surface area contributed by atoms with Crippen LogP contribution in [0.25, 0.3) is 22.2 Å². The maximum Gasteiger partial charge on any atom is 0.387 e. The molecule has 0 bridgehead atoms. The van der Waals surface area contributed by atoms with Gasteiger partial charge in [-0.15, -0.1) is 0 Å². The molecule has 0 aliphatic carbocycles. The van der Waals surface area contributed by atoms with Crippen LogP contribution >= 0.6 is 0 Å². The van der Waals surface area contributed by atoms with Gasteiger partial charge in [-0.25, -0.2) is 4.39 Å². The van der Waals surface area contributed by atoms with Gasteiger partial charge in [0.15, 0.2) is 11.6 Å². The van der Waals surface area contributed by atoms with E-state index in [1.165, 1.54) is 18.3 Å². The molecule has 1 aromatic carbocycles. The Bertz CT molecular complexity index is 1000. The molecule has 9 heteroatoms. The minimum atomic E-state index is -3.12. The van der Waals surface area contributed by atoms with Crippen LogP contribution in [0.5, 0.6) is 5.75 Å². The molecule has 0 unspecified atom stereocenters. The Morgan fingerprint density at radius 2 is 2.00 bits per heavy atom. The average Bonchev–Trinajstić information content (AvgIpc) is 2.97. The van der Waals surface area contributed by atoms with E-state index in [4.69, 9.17) is 0 Å². The van der Waals surface area contributed by atoms with Crippen molar-refractivity contribution in [1.29, 1.82) is 0 Å². The third-order valence-electron chi connectivity index (χ3n) is 4.47. The topological polar surface area (TPSA) is 60.3 Å². The molecule has 0 radical (unpaired) electrons. The van der Waals surface area contributed by atoms with Gasteiger partial charge in [0, 0.05) is 24.8 Å². The lowest BCUT2D eigenvalue weighted by molar-refractivity contribution is -0.135. The van der Waals surface area contributed by atoms with Gasteiger partial charge in [0.05, 0.1) is 11.7 Å². The Hall–Kier alpha value is -3.10. The predicted octanol–water partition coefficient (Wildman–Crippen LogP) is 3.07. The first-order chi connectivity index (χ1) is 13.0. The van der Waals surface area contributed by atoms with Crippen molar-refractivity contribution in [2.45, 2.75) is 19.6 Å². The number of hydrogen-bond donors (Lipinski definition) is 0. The third-order valence-corrected chi connectivity index (χ3v) is 4.47. The summed E-state index contributed by atoms with van der Waals surface area (Å²) < 4.78 is 44.2. The molecule has 0 spiro atoms. The van der Waals surface area contributed by atoms with E-state index in [2.05, 4.69) is 14.8 Å². The van der Waals surface area contributed by atoms with Crippen LogP contribution in [0, 0.1) is 5.82 Å². The zero-order valence-electron chi connectivity index (χ0n) is 14.1. The highest BCUT2D eigenvalue weighted by molar-refractivity contribution is 5.83. The number of benzene rings is 1. The van der Waals surface area contributed by atoms with Crippen molar-refractivity contribution in [3.63, 3.8) is 0 Å². The molecular weight excluding hydrogens is 361 g/mol. The van der Waals surface area contributed by atoms with Crippen LogP contribution in [-0.2, 0) is 11.3 Å². The maximum absolute atomic E-state index is 13.6. The smallest absolute Gasteiger partial charge is 0.387 e. The summed E-state index contributed by atoms with van der Waals surface area (Å²) in [5.74, 6) is -1.44. The molecule has 6 nitrogen and oxygen atoms in total. The Labute approximate surface area is 152 Å². The van der Waals surface area contributed by atoms with Crippen LogP contribution in [0.1, 0.15) is 6.42 Å². The van der Waals surface area contributed by atoms with Crippen molar-refractivity contribution in [2.75, 3.05) is 13.1 Å². The zero-order chi connectivity index (χ0) is 19.0. The van der Waals surface area contributed by atoms with E-state index in [9.17, 15) is 18.0 Å². The first-order valence-electron chi connectivity index (χ1n) is 8.35. The van der Waals surface area contributed by atoms with Gasteiger partial charge >= 0.3 is 6.61 Å². The number of nitrogens with zero attached hydrogens (tertiary/aromatic N) is 4. The molecule has 4 rings (SSSR count). The lowest BCUT2D eigenvalue weighted by Gasteiger charge is -2.30. The van der Waals surface area contributed by atoms with E-state index in [0.717, 1.165) is 25.6 Å². The summed E-state index contributed by atoms with van der Waals surface area (Å²) in [5, 5.41) is 4.20. The highest BCUT2D eigenvalue weighted by atomic mass is 19.3. The molecule has 27 heavy (non-hydrogen) atoms. The van der Waals surface area contributed by atoms with Crippen LogP contribution in [-0.4, -0.2) is 45.3 Å². The van der Waals surface area contributed by atoms with E-state index in [-0.39, 0.29) is 12.5 Å². The molecule has 1 saturated heterocycles. The number of carbonyl (C=O) groups excluding carboxylic acids is 1. The van der Waals surface area contributed by atoms with Gasteiger partial charge in [-0.3, -0.25) is 14.5 Å². The number of fused-ring (bicyclic) bond motifs is 1. The fraction of sp³-hybridized carbons (Fsp3) is 0.278. The number of carbonyl (C=O) groups is 1. The number of pyridine rings is 1. The normalized spacial score (nSPS) is 13.9. The lowest BCUT2D eigenvalue weighted by Crippen LogP contribution is -2.43. The van der Waals surface area contributed by atoms with Crippen molar-refractivity contribution in [3.05, 3.63) is 42.5 Å². The summed E-state index contributed by atoms with van der Waals surface area (Å²) in [6.07, 6.45) is 4.09. The highest BCUT2D eigenvalue weighted by Gasteiger charge is 2.21. The van der Waals surface area contributed by atoms with E-state index in [0.29, 0.717) is 22.2 Å². The molecule has 1 aliphatic rings. The second-order valence-electron chi connectivity index (χ2n) is 6.19. The Morgan fingerprint density at radius 3 is 2.70 bits per heavy atom. The van der Waals surface area contributed by atoms with Gasteiger partial charge in [-0.05, 0) is 30.2 Å². The summed E-state index contributed by atoms with van der Waals surface area (Å²) in [5.41, 5.74) is 2.26. The predicted molar refractivity (Wildman–Crippen MR) is 90.8 cm³/mol. The molecule has 140 valence electrons. The number of hydrogen-bond acceptors (Lipinski definition) is 4. The van der Waals surface area contributed by atoms with Crippen molar-refractivity contribution < 1.29 is 22.7 Å². The lowest BCUT2D eigenvalue weighted by atomic mass is 10.1. The molecule has 1 amide bonds. The second-order valence-corrected chi connectivity index (χ2v) is 6.19. The fourth-order valence-electron chi connectivity index (χ4n) is 2.90. The number of likely N-dealkylation sites (tertiary alicyclic amines) is 1. The van der Waals surface area contributed by atoms with E-state index < -0.39 is 18.2 Å². The van der Waals surface area contributed by atoms with Crippen LogP contribution in [0.3, 0.4) is 0 Å². The van der Waals surface area contributed by atoms with Crippen LogP contribution in [0.4, 0.5) is 13.2 Å². The van der Waals surface area contributed by atoms with Gasteiger partial charge in [0.2, 0.25) is 5.91 Å². The van der Waals surface area contributed by atoms with E-state index in [1.807, 2.05) is 0 Å². The fourth-order valence-corrected chi connectivity index (χ4v) is 2.90. The van der Waals surface area contributed by atoms with Crippen molar-refractivity contribution in [2.24, 2.45) is 0 Å². The summed E-state index contributed by atoms with van der Waals surface area (Å²) in [4.78, 5) is 18.2. The number of amides is 1. The Balaban J connectivity index is 1.66. The summed E-state index contributed by atoms with van der Waals surface area (Å²) in [7, 11) is 0. The molecule has 3 aromatic rings. The van der Waals surface area contributed by atoms with Gasteiger partial charge in [0.1, 0.15) is 12.1 Å². The molecule has 1 aliphatic heterocycles. The second kappa shape index (κ2) is 6.90. The summed E-state index contributed by atoms with van der Waals surface area (Å²) in [6.45, 7) is -1.52. The molecule has 2 aromatic heterocycles. The van der Waals surface area contributed by atoms with Crippen LogP contribution in [0.2, 0.25) is 0 Å². The Morgan fingerprint density at radius 1 is 1.19 bits per heavy atom. The summed E-state index contributed by atoms with van der Waals surface area (Å²) >= 11 is 0. The number of rotatable bonds is 5. The Kier molecular flexibility index (Phi) is 4.43. The molecule has 0 saturated carbocycles. The van der Waals surface area contributed by atoms with Crippen LogP contribution in [0.15, 0.2) is 36.7 Å². The first kappa shape index (κ1) is 17.3. The number of alkyl halides is 2.